The molecule has 5 heteroatoms. The highest BCUT2D eigenvalue weighted by Gasteiger charge is 2.00. The van der Waals surface area contributed by atoms with Crippen LogP contribution in [0.4, 0.5) is 0 Å². The molecule has 0 radical (unpaired) electrons. The molecule has 5 nitrogen and oxygen atoms in total. The molecule has 0 fully saturated rings. The molecule has 0 amide bonds. The minimum absolute atomic E-state index is 0.809. The highest BCUT2D eigenvalue weighted by Crippen LogP contribution is 2.16. The first-order chi connectivity index (χ1) is 9.43. The fraction of sp³-hybridized carbons (Fsp3) is 0.214. The van der Waals surface area contributed by atoms with Gasteiger partial charge >= 0.3 is 0 Å². The van der Waals surface area contributed by atoms with Gasteiger partial charge in [0.15, 0.2) is 0 Å². The van der Waals surface area contributed by atoms with Crippen molar-refractivity contribution in [1.82, 2.24) is 25.3 Å². The Hall–Kier alpha value is -2.27. The summed E-state index contributed by atoms with van der Waals surface area (Å²) in [7, 11) is 0. The summed E-state index contributed by atoms with van der Waals surface area (Å²) < 4.78 is 1.81. The van der Waals surface area contributed by atoms with Gasteiger partial charge in [0.2, 0.25) is 0 Å². The van der Waals surface area contributed by atoms with Gasteiger partial charge in [-0.05, 0) is 10.9 Å². The Bertz CT molecular complexity index is 643. The molecule has 3 aromatic rings. The van der Waals surface area contributed by atoms with Crippen LogP contribution in [0.25, 0.3) is 10.8 Å². The SMILES string of the molecule is c1ccc2c(CNCCn3ccnn3)cncc2c1. The van der Waals surface area contributed by atoms with Gasteiger partial charge in [0.1, 0.15) is 0 Å². The molecule has 1 aromatic carbocycles. The van der Waals surface area contributed by atoms with Crippen molar-refractivity contribution >= 4 is 10.8 Å². The van der Waals surface area contributed by atoms with Crippen molar-refractivity contribution in [3.8, 4) is 0 Å². The summed E-state index contributed by atoms with van der Waals surface area (Å²) in [5, 5.41) is 13.5. The van der Waals surface area contributed by atoms with Crippen molar-refractivity contribution < 1.29 is 0 Å². The lowest BCUT2D eigenvalue weighted by Gasteiger charge is -2.07. The van der Waals surface area contributed by atoms with Crippen LogP contribution in [0.15, 0.2) is 49.1 Å². The first-order valence-corrected chi connectivity index (χ1v) is 6.30. The van der Waals surface area contributed by atoms with Gasteiger partial charge in [0, 0.05) is 37.1 Å². The third-order valence-electron chi connectivity index (χ3n) is 3.06. The van der Waals surface area contributed by atoms with E-state index in [-0.39, 0.29) is 0 Å². The second kappa shape index (κ2) is 5.58. The molecule has 0 aliphatic rings. The zero-order valence-corrected chi connectivity index (χ0v) is 10.5. The number of hydrogen-bond acceptors (Lipinski definition) is 4. The summed E-state index contributed by atoms with van der Waals surface area (Å²) >= 11 is 0. The topological polar surface area (TPSA) is 55.6 Å². The highest BCUT2D eigenvalue weighted by molar-refractivity contribution is 5.84. The van der Waals surface area contributed by atoms with Crippen molar-refractivity contribution in [3.63, 3.8) is 0 Å². The van der Waals surface area contributed by atoms with Gasteiger partial charge in [-0.3, -0.25) is 9.67 Å². The molecule has 2 aromatic heterocycles. The number of aromatic nitrogens is 4. The predicted octanol–water partition coefficient (Wildman–Crippen LogP) is 1.62. The van der Waals surface area contributed by atoms with E-state index < -0.39 is 0 Å². The highest BCUT2D eigenvalue weighted by atomic mass is 15.4. The molecule has 19 heavy (non-hydrogen) atoms. The molecule has 0 aliphatic carbocycles. The molecule has 3 rings (SSSR count). The fourth-order valence-electron chi connectivity index (χ4n) is 2.09. The lowest BCUT2D eigenvalue weighted by atomic mass is 10.1. The van der Waals surface area contributed by atoms with Crippen LogP contribution in [0, 0.1) is 0 Å². The lowest BCUT2D eigenvalue weighted by molar-refractivity contribution is 0.540. The maximum Gasteiger partial charge on any atom is 0.0692 e. The zero-order valence-electron chi connectivity index (χ0n) is 10.5. The van der Waals surface area contributed by atoms with Gasteiger partial charge in [-0.15, -0.1) is 5.10 Å². The summed E-state index contributed by atoms with van der Waals surface area (Å²) in [5.74, 6) is 0. The van der Waals surface area contributed by atoms with Crippen molar-refractivity contribution in [1.29, 1.82) is 0 Å². The van der Waals surface area contributed by atoms with E-state index in [1.54, 1.807) is 6.20 Å². The molecule has 0 bridgehead atoms. The summed E-state index contributed by atoms with van der Waals surface area (Å²) in [6.45, 7) is 2.48. The Kier molecular flexibility index (Phi) is 3.47. The van der Waals surface area contributed by atoms with Crippen LogP contribution >= 0.6 is 0 Å². The van der Waals surface area contributed by atoms with Gasteiger partial charge in [0.05, 0.1) is 12.7 Å². The molecule has 0 unspecified atom stereocenters. The molecule has 1 N–H and O–H groups in total. The number of pyridine rings is 1. The third kappa shape index (κ3) is 2.77. The molecule has 0 spiro atoms. The number of nitrogens with one attached hydrogen (secondary N) is 1. The Morgan fingerprint density at radius 3 is 3.00 bits per heavy atom. The van der Waals surface area contributed by atoms with E-state index >= 15 is 0 Å². The largest absolute Gasteiger partial charge is 0.311 e. The molecule has 0 atom stereocenters. The molecule has 96 valence electrons. The second-order valence-corrected chi connectivity index (χ2v) is 4.36. The van der Waals surface area contributed by atoms with Crippen LogP contribution in [0.5, 0.6) is 0 Å². The van der Waals surface area contributed by atoms with E-state index in [2.05, 4.69) is 38.8 Å². The standard InChI is InChI=1S/C14H15N5/c1-2-4-14-12(3-1)9-16-11-13(14)10-15-5-7-19-8-6-17-18-19/h1-4,6,8-9,11,15H,5,7,10H2. The molecule has 0 aliphatic heterocycles. The average molecular weight is 253 g/mol. The second-order valence-electron chi connectivity index (χ2n) is 4.36. The fourth-order valence-corrected chi connectivity index (χ4v) is 2.09. The van der Waals surface area contributed by atoms with Crippen LogP contribution in [0.1, 0.15) is 5.56 Å². The van der Waals surface area contributed by atoms with Crippen molar-refractivity contribution in [2.75, 3.05) is 6.54 Å². The molecule has 2 heterocycles. The van der Waals surface area contributed by atoms with Gasteiger partial charge < -0.3 is 5.32 Å². The molecular formula is C14H15N5. The normalized spacial score (nSPS) is 10.9. The number of nitrogens with zero attached hydrogens (tertiary/aromatic N) is 4. The van der Waals surface area contributed by atoms with E-state index in [1.165, 1.54) is 16.3 Å². The molecule has 0 saturated heterocycles. The zero-order chi connectivity index (χ0) is 12.9. The Labute approximate surface area is 111 Å². The Morgan fingerprint density at radius 1 is 1.16 bits per heavy atom. The molecule has 0 saturated carbocycles. The summed E-state index contributed by atoms with van der Waals surface area (Å²) in [6.07, 6.45) is 7.37. The van der Waals surface area contributed by atoms with E-state index in [1.807, 2.05) is 29.3 Å². The van der Waals surface area contributed by atoms with Crippen LogP contribution in [-0.4, -0.2) is 26.5 Å². The van der Waals surface area contributed by atoms with Crippen molar-refractivity contribution in [2.45, 2.75) is 13.1 Å². The van der Waals surface area contributed by atoms with E-state index in [0.717, 1.165) is 19.6 Å². The van der Waals surface area contributed by atoms with E-state index in [0.29, 0.717) is 0 Å². The van der Waals surface area contributed by atoms with Crippen LogP contribution in [0.3, 0.4) is 0 Å². The summed E-state index contributed by atoms with van der Waals surface area (Å²) in [4.78, 5) is 4.27. The lowest BCUT2D eigenvalue weighted by Crippen LogP contribution is -2.20. The van der Waals surface area contributed by atoms with Crippen LogP contribution in [-0.2, 0) is 13.1 Å². The van der Waals surface area contributed by atoms with E-state index in [9.17, 15) is 0 Å². The minimum atomic E-state index is 0.809. The number of hydrogen-bond donors (Lipinski definition) is 1. The maximum absolute atomic E-state index is 4.27. The first-order valence-electron chi connectivity index (χ1n) is 6.30. The van der Waals surface area contributed by atoms with Crippen LogP contribution in [0.2, 0.25) is 0 Å². The van der Waals surface area contributed by atoms with Gasteiger partial charge in [-0.2, -0.15) is 0 Å². The number of rotatable bonds is 5. The Morgan fingerprint density at radius 2 is 2.11 bits per heavy atom. The van der Waals surface area contributed by atoms with Gasteiger partial charge in [-0.25, -0.2) is 0 Å². The van der Waals surface area contributed by atoms with Crippen molar-refractivity contribution in [2.24, 2.45) is 0 Å². The Balaban J connectivity index is 1.62. The van der Waals surface area contributed by atoms with E-state index in [4.69, 9.17) is 0 Å². The minimum Gasteiger partial charge on any atom is -0.311 e. The molecular weight excluding hydrogens is 238 g/mol. The van der Waals surface area contributed by atoms with Gasteiger partial charge in [0.25, 0.3) is 0 Å². The van der Waals surface area contributed by atoms with Gasteiger partial charge in [-0.1, -0.05) is 29.5 Å². The smallest absolute Gasteiger partial charge is 0.0692 e. The van der Waals surface area contributed by atoms with Crippen LogP contribution < -0.4 is 5.32 Å². The number of fused-ring (bicyclic) bond motifs is 1. The maximum atomic E-state index is 4.27. The quantitative estimate of drug-likeness (QED) is 0.702. The third-order valence-corrected chi connectivity index (χ3v) is 3.06. The summed E-state index contributed by atoms with van der Waals surface area (Å²) in [6, 6.07) is 8.31. The first kappa shape index (κ1) is 11.8. The monoisotopic (exact) mass is 253 g/mol. The average Bonchev–Trinajstić information content (AvgIpc) is 2.97. The summed E-state index contributed by atoms with van der Waals surface area (Å²) in [5.41, 5.74) is 1.22. The predicted molar refractivity (Wildman–Crippen MR) is 73.5 cm³/mol. The number of benzene rings is 1. The van der Waals surface area contributed by atoms with Crippen molar-refractivity contribution in [3.05, 3.63) is 54.6 Å².